The van der Waals surface area contributed by atoms with E-state index in [4.69, 9.17) is 4.74 Å². The molecule has 1 atom stereocenters. The summed E-state index contributed by atoms with van der Waals surface area (Å²) in [6.45, 7) is 0.201. The number of hydrogen-bond donors (Lipinski definition) is 0. The molecule has 3 rings (SSSR count). The van der Waals surface area contributed by atoms with E-state index in [1.807, 2.05) is 54.6 Å². The summed E-state index contributed by atoms with van der Waals surface area (Å²) in [5.74, 6) is 0.414. The smallest absolute Gasteiger partial charge is 0.242 e. The molecular formula is C17H14BrF2NO. The molecule has 22 heavy (non-hydrogen) atoms. The predicted molar refractivity (Wildman–Crippen MR) is 85.4 cm³/mol. The Morgan fingerprint density at radius 2 is 1.77 bits per heavy atom. The standard InChI is InChI=1S/C17H14BrF2NO/c18-14-8-6-12(7-9-14)16-21-11-17(22-16,10-15(19)20)13-4-2-1-3-5-13/h1-9,15H,10-11H2. The average Bonchev–Trinajstić information content (AvgIpc) is 2.93. The molecular weight excluding hydrogens is 352 g/mol. The zero-order chi connectivity index (χ0) is 15.6. The van der Waals surface area contributed by atoms with Crippen LogP contribution in [0.2, 0.25) is 0 Å². The minimum absolute atomic E-state index is 0.201. The summed E-state index contributed by atoms with van der Waals surface area (Å²) >= 11 is 3.37. The number of alkyl halides is 2. The summed E-state index contributed by atoms with van der Waals surface area (Å²) in [7, 11) is 0. The van der Waals surface area contributed by atoms with Crippen LogP contribution in [0.15, 0.2) is 64.1 Å². The SMILES string of the molecule is FC(F)CC1(c2ccccc2)CN=C(c2ccc(Br)cc2)O1. The van der Waals surface area contributed by atoms with Gasteiger partial charge in [-0.15, -0.1) is 0 Å². The van der Waals surface area contributed by atoms with Crippen molar-refractivity contribution in [2.75, 3.05) is 6.54 Å². The third kappa shape index (κ3) is 3.04. The molecule has 0 saturated carbocycles. The fourth-order valence-corrected chi connectivity index (χ4v) is 2.82. The van der Waals surface area contributed by atoms with Crippen LogP contribution in [0.4, 0.5) is 8.78 Å². The molecule has 0 saturated heterocycles. The van der Waals surface area contributed by atoms with Gasteiger partial charge in [0.1, 0.15) is 0 Å². The lowest BCUT2D eigenvalue weighted by Gasteiger charge is -2.28. The Hall–Kier alpha value is -1.75. The lowest BCUT2D eigenvalue weighted by Crippen LogP contribution is -2.33. The lowest BCUT2D eigenvalue weighted by atomic mass is 9.90. The highest BCUT2D eigenvalue weighted by Gasteiger charge is 2.42. The van der Waals surface area contributed by atoms with Gasteiger partial charge in [0.2, 0.25) is 12.3 Å². The molecule has 0 N–H and O–H groups in total. The Labute approximate surface area is 136 Å². The maximum absolute atomic E-state index is 13.1. The van der Waals surface area contributed by atoms with Crippen LogP contribution in [0.1, 0.15) is 17.5 Å². The maximum Gasteiger partial charge on any atom is 0.242 e. The number of aliphatic imine (C=N–C) groups is 1. The van der Waals surface area contributed by atoms with Gasteiger partial charge in [-0.2, -0.15) is 0 Å². The van der Waals surface area contributed by atoms with Crippen molar-refractivity contribution in [2.45, 2.75) is 18.4 Å². The highest BCUT2D eigenvalue weighted by Crippen LogP contribution is 2.37. The first-order chi connectivity index (χ1) is 10.6. The second kappa shape index (κ2) is 6.16. The molecule has 0 aromatic heterocycles. The third-order valence-corrected chi connectivity index (χ3v) is 4.17. The summed E-state index contributed by atoms with van der Waals surface area (Å²) in [5, 5.41) is 0. The molecule has 5 heteroatoms. The molecule has 0 amide bonds. The first-order valence-electron chi connectivity index (χ1n) is 6.92. The summed E-state index contributed by atoms with van der Waals surface area (Å²) < 4.78 is 33.0. The van der Waals surface area contributed by atoms with Crippen LogP contribution in [0.25, 0.3) is 0 Å². The summed E-state index contributed by atoms with van der Waals surface area (Å²) in [6, 6.07) is 16.6. The molecule has 2 aromatic rings. The van der Waals surface area contributed by atoms with Crippen molar-refractivity contribution in [2.24, 2.45) is 4.99 Å². The second-order valence-corrected chi connectivity index (χ2v) is 6.10. The third-order valence-electron chi connectivity index (χ3n) is 3.65. The van der Waals surface area contributed by atoms with E-state index in [9.17, 15) is 8.78 Å². The number of hydrogen-bond acceptors (Lipinski definition) is 2. The molecule has 0 spiro atoms. The van der Waals surface area contributed by atoms with Crippen LogP contribution < -0.4 is 0 Å². The van der Waals surface area contributed by atoms with E-state index in [0.29, 0.717) is 5.90 Å². The van der Waals surface area contributed by atoms with Gasteiger partial charge in [-0.25, -0.2) is 13.8 Å². The van der Waals surface area contributed by atoms with Crippen LogP contribution in [-0.4, -0.2) is 18.9 Å². The van der Waals surface area contributed by atoms with E-state index in [-0.39, 0.29) is 13.0 Å². The van der Waals surface area contributed by atoms with E-state index in [1.165, 1.54) is 0 Å². The van der Waals surface area contributed by atoms with E-state index in [2.05, 4.69) is 20.9 Å². The van der Waals surface area contributed by atoms with Gasteiger partial charge in [-0.3, -0.25) is 0 Å². The largest absolute Gasteiger partial charge is 0.464 e. The van der Waals surface area contributed by atoms with Gasteiger partial charge in [0.15, 0.2) is 5.60 Å². The molecule has 1 heterocycles. The predicted octanol–water partition coefficient (Wildman–Crippen LogP) is 4.78. The molecule has 0 fully saturated rings. The van der Waals surface area contributed by atoms with Crippen molar-refractivity contribution < 1.29 is 13.5 Å². The van der Waals surface area contributed by atoms with Gasteiger partial charge in [-0.05, 0) is 29.8 Å². The van der Waals surface area contributed by atoms with Crippen molar-refractivity contribution in [1.82, 2.24) is 0 Å². The summed E-state index contributed by atoms with van der Waals surface area (Å²) in [4.78, 5) is 4.36. The van der Waals surface area contributed by atoms with Crippen LogP contribution in [-0.2, 0) is 10.3 Å². The quantitative estimate of drug-likeness (QED) is 0.764. The van der Waals surface area contributed by atoms with Gasteiger partial charge in [0.05, 0.1) is 13.0 Å². The summed E-state index contributed by atoms with van der Waals surface area (Å²) in [5.41, 5.74) is 0.430. The Kier molecular flexibility index (Phi) is 4.25. The Morgan fingerprint density at radius 3 is 2.41 bits per heavy atom. The molecule has 0 radical (unpaired) electrons. The second-order valence-electron chi connectivity index (χ2n) is 5.19. The Balaban J connectivity index is 1.90. The average molecular weight is 366 g/mol. The molecule has 1 unspecified atom stereocenters. The monoisotopic (exact) mass is 365 g/mol. The molecule has 1 aliphatic heterocycles. The van der Waals surface area contributed by atoms with E-state index < -0.39 is 12.0 Å². The minimum Gasteiger partial charge on any atom is -0.464 e. The van der Waals surface area contributed by atoms with Crippen molar-refractivity contribution in [3.05, 3.63) is 70.2 Å². The summed E-state index contributed by atoms with van der Waals surface area (Å²) in [6.07, 6.45) is -2.83. The van der Waals surface area contributed by atoms with E-state index >= 15 is 0 Å². The number of rotatable bonds is 4. The number of benzene rings is 2. The fraction of sp³-hybridized carbons (Fsp3) is 0.235. The lowest BCUT2D eigenvalue weighted by molar-refractivity contribution is 0.00574. The molecule has 1 aliphatic rings. The highest BCUT2D eigenvalue weighted by molar-refractivity contribution is 9.10. The number of nitrogens with zero attached hydrogens (tertiary/aromatic N) is 1. The Morgan fingerprint density at radius 1 is 1.09 bits per heavy atom. The van der Waals surface area contributed by atoms with Crippen molar-refractivity contribution >= 4 is 21.8 Å². The van der Waals surface area contributed by atoms with Gasteiger partial charge in [-0.1, -0.05) is 46.3 Å². The molecule has 114 valence electrons. The van der Waals surface area contributed by atoms with Gasteiger partial charge in [0, 0.05) is 10.0 Å². The minimum atomic E-state index is -2.46. The van der Waals surface area contributed by atoms with Crippen LogP contribution in [0.5, 0.6) is 0 Å². The first kappa shape index (κ1) is 15.2. The van der Waals surface area contributed by atoms with Crippen LogP contribution in [0, 0.1) is 0 Å². The van der Waals surface area contributed by atoms with Crippen molar-refractivity contribution in [3.63, 3.8) is 0 Å². The fourth-order valence-electron chi connectivity index (χ4n) is 2.56. The topological polar surface area (TPSA) is 21.6 Å². The van der Waals surface area contributed by atoms with Gasteiger partial charge in [0.25, 0.3) is 0 Å². The Bertz CT molecular complexity index is 673. The van der Waals surface area contributed by atoms with Gasteiger partial charge >= 0.3 is 0 Å². The van der Waals surface area contributed by atoms with E-state index in [0.717, 1.165) is 15.6 Å². The van der Waals surface area contributed by atoms with Crippen molar-refractivity contribution in [1.29, 1.82) is 0 Å². The maximum atomic E-state index is 13.1. The van der Waals surface area contributed by atoms with Gasteiger partial charge < -0.3 is 4.74 Å². The van der Waals surface area contributed by atoms with Crippen molar-refractivity contribution in [3.8, 4) is 0 Å². The zero-order valence-corrected chi connectivity index (χ0v) is 13.3. The molecule has 0 bridgehead atoms. The van der Waals surface area contributed by atoms with E-state index in [1.54, 1.807) is 0 Å². The number of ether oxygens (including phenoxy) is 1. The zero-order valence-electron chi connectivity index (χ0n) is 11.7. The van der Waals surface area contributed by atoms with Crippen LogP contribution >= 0.6 is 15.9 Å². The normalized spacial score (nSPS) is 20.8. The molecule has 2 aromatic carbocycles. The molecule has 0 aliphatic carbocycles. The number of halogens is 3. The highest BCUT2D eigenvalue weighted by atomic mass is 79.9. The van der Waals surface area contributed by atoms with Crippen LogP contribution in [0.3, 0.4) is 0 Å². The molecule has 2 nitrogen and oxygen atoms in total. The first-order valence-corrected chi connectivity index (χ1v) is 7.71.